The molecule has 0 aliphatic rings. The van der Waals surface area contributed by atoms with Crippen LogP contribution in [0.5, 0.6) is 0 Å². The Bertz CT molecular complexity index is 798. The van der Waals surface area contributed by atoms with E-state index in [4.69, 9.17) is 5.73 Å². The van der Waals surface area contributed by atoms with Gasteiger partial charge in [-0.1, -0.05) is 42.5 Å². The summed E-state index contributed by atoms with van der Waals surface area (Å²) in [4.78, 5) is 15.4. The second-order valence-electron chi connectivity index (χ2n) is 4.47. The first-order valence-electron chi connectivity index (χ1n) is 6.15. The highest BCUT2D eigenvalue weighted by molar-refractivity contribution is 6.03. The Labute approximate surface area is 115 Å². The molecule has 3 rings (SSSR count). The number of hydrogen-bond donors (Lipinski definition) is 2. The van der Waals surface area contributed by atoms with Crippen LogP contribution in [0.1, 0.15) is 10.5 Å². The lowest BCUT2D eigenvalue weighted by Crippen LogP contribution is -2.02. The highest BCUT2D eigenvalue weighted by Crippen LogP contribution is 2.31. The number of anilines is 1. The molecule has 0 amide bonds. The minimum absolute atomic E-state index is 0.00532. The van der Waals surface area contributed by atoms with Crippen molar-refractivity contribution in [2.45, 2.75) is 0 Å². The lowest BCUT2D eigenvalue weighted by molar-refractivity contribution is 0.0691. The fourth-order valence-electron chi connectivity index (χ4n) is 2.24. The molecule has 0 atom stereocenters. The van der Waals surface area contributed by atoms with Gasteiger partial charge >= 0.3 is 5.97 Å². The number of fused-ring (bicyclic) bond motifs is 1. The van der Waals surface area contributed by atoms with Crippen molar-refractivity contribution in [1.82, 2.24) is 4.98 Å². The average molecular weight is 264 g/mol. The number of carbonyl (C=O) groups is 1. The summed E-state index contributed by atoms with van der Waals surface area (Å²) in [5.74, 6) is -1.06. The number of hydrogen-bond acceptors (Lipinski definition) is 3. The number of rotatable bonds is 2. The number of benzene rings is 2. The highest BCUT2D eigenvalue weighted by atomic mass is 16.4. The molecule has 0 radical (unpaired) electrons. The van der Waals surface area contributed by atoms with Gasteiger partial charge in [-0.25, -0.2) is 9.78 Å². The Kier molecular flexibility index (Phi) is 2.84. The van der Waals surface area contributed by atoms with Crippen molar-refractivity contribution in [2.75, 3.05) is 5.73 Å². The fraction of sp³-hybridized carbons (Fsp3) is 0. The highest BCUT2D eigenvalue weighted by Gasteiger charge is 2.13. The largest absolute Gasteiger partial charge is 0.477 e. The second-order valence-corrected chi connectivity index (χ2v) is 4.47. The van der Waals surface area contributed by atoms with Gasteiger partial charge in [-0.2, -0.15) is 0 Å². The summed E-state index contributed by atoms with van der Waals surface area (Å²) >= 11 is 0. The second kappa shape index (κ2) is 4.66. The molecule has 0 bridgehead atoms. The Hall–Kier alpha value is -2.88. The zero-order valence-electron chi connectivity index (χ0n) is 10.6. The number of carboxylic acids is 1. The van der Waals surface area contributed by atoms with Gasteiger partial charge in [-0.3, -0.25) is 0 Å². The summed E-state index contributed by atoms with van der Waals surface area (Å²) in [5.41, 5.74) is 8.66. The topological polar surface area (TPSA) is 76.2 Å². The molecule has 0 fully saturated rings. The monoisotopic (exact) mass is 264 g/mol. The Morgan fingerprint density at radius 3 is 2.50 bits per heavy atom. The van der Waals surface area contributed by atoms with Crippen molar-refractivity contribution < 1.29 is 9.90 Å². The number of para-hydroxylation sites is 1. The van der Waals surface area contributed by atoms with Crippen molar-refractivity contribution in [1.29, 1.82) is 0 Å². The molecule has 20 heavy (non-hydrogen) atoms. The number of nitrogen functional groups attached to an aromatic ring is 1. The summed E-state index contributed by atoms with van der Waals surface area (Å²) in [7, 11) is 0. The fourth-order valence-corrected chi connectivity index (χ4v) is 2.24. The predicted molar refractivity (Wildman–Crippen MR) is 78.6 cm³/mol. The molecule has 0 saturated heterocycles. The molecule has 3 aromatic rings. The van der Waals surface area contributed by atoms with E-state index in [1.165, 1.54) is 0 Å². The first-order valence-corrected chi connectivity index (χ1v) is 6.15. The van der Waals surface area contributed by atoms with E-state index in [1.807, 2.05) is 42.5 Å². The molecule has 0 unspecified atom stereocenters. The van der Waals surface area contributed by atoms with E-state index in [2.05, 4.69) is 4.98 Å². The minimum Gasteiger partial charge on any atom is -0.477 e. The van der Waals surface area contributed by atoms with Crippen LogP contribution in [0.2, 0.25) is 0 Å². The smallest absolute Gasteiger partial charge is 0.354 e. The summed E-state index contributed by atoms with van der Waals surface area (Å²) in [6, 6.07) is 16.6. The van der Waals surface area contributed by atoms with Gasteiger partial charge in [-0.05, 0) is 23.3 Å². The zero-order chi connectivity index (χ0) is 14.1. The number of aromatic carboxylic acids is 1. The van der Waals surface area contributed by atoms with Crippen molar-refractivity contribution in [3.63, 3.8) is 0 Å². The number of nitrogens with zero attached hydrogens (tertiary/aromatic N) is 1. The maximum Gasteiger partial charge on any atom is 0.354 e. The van der Waals surface area contributed by atoms with E-state index < -0.39 is 5.97 Å². The van der Waals surface area contributed by atoms with Gasteiger partial charge in [0, 0.05) is 5.39 Å². The summed E-state index contributed by atoms with van der Waals surface area (Å²) in [5, 5.41) is 10.1. The predicted octanol–water partition coefficient (Wildman–Crippen LogP) is 3.18. The third kappa shape index (κ3) is 1.97. The Morgan fingerprint density at radius 2 is 1.80 bits per heavy atom. The molecular formula is C16H12N2O2. The van der Waals surface area contributed by atoms with Crippen LogP contribution in [-0.4, -0.2) is 16.1 Å². The van der Waals surface area contributed by atoms with Crippen LogP contribution in [0.3, 0.4) is 0 Å². The Morgan fingerprint density at radius 1 is 1.05 bits per heavy atom. The van der Waals surface area contributed by atoms with Crippen molar-refractivity contribution in [3.8, 4) is 11.1 Å². The molecule has 0 saturated carbocycles. The molecule has 2 aromatic carbocycles. The quantitative estimate of drug-likeness (QED) is 0.697. The molecule has 98 valence electrons. The maximum atomic E-state index is 11.2. The normalized spacial score (nSPS) is 10.6. The van der Waals surface area contributed by atoms with Crippen molar-refractivity contribution in [2.24, 2.45) is 0 Å². The van der Waals surface area contributed by atoms with E-state index in [9.17, 15) is 9.90 Å². The van der Waals surface area contributed by atoms with Gasteiger partial charge < -0.3 is 10.8 Å². The lowest BCUT2D eigenvalue weighted by Gasteiger charge is -2.09. The van der Waals surface area contributed by atoms with Crippen LogP contribution < -0.4 is 5.73 Å². The third-order valence-corrected chi connectivity index (χ3v) is 3.17. The van der Waals surface area contributed by atoms with E-state index in [-0.39, 0.29) is 5.69 Å². The van der Waals surface area contributed by atoms with E-state index in [1.54, 1.807) is 12.1 Å². The van der Waals surface area contributed by atoms with E-state index >= 15 is 0 Å². The van der Waals surface area contributed by atoms with Crippen molar-refractivity contribution >= 4 is 22.6 Å². The molecule has 0 aliphatic heterocycles. The first-order chi connectivity index (χ1) is 9.66. The average Bonchev–Trinajstić information content (AvgIpc) is 2.47. The van der Waals surface area contributed by atoms with Crippen LogP contribution in [-0.2, 0) is 0 Å². The van der Waals surface area contributed by atoms with Crippen LogP contribution in [0, 0.1) is 0 Å². The molecule has 3 N–H and O–H groups in total. The summed E-state index contributed by atoms with van der Waals surface area (Å²) < 4.78 is 0. The molecule has 1 heterocycles. The molecule has 4 heteroatoms. The number of nitrogens with two attached hydrogens (primary N) is 1. The van der Waals surface area contributed by atoms with Gasteiger partial charge in [0.15, 0.2) is 0 Å². The van der Waals surface area contributed by atoms with Gasteiger partial charge in [0.25, 0.3) is 0 Å². The molecule has 1 aromatic heterocycles. The number of pyridine rings is 1. The van der Waals surface area contributed by atoms with Gasteiger partial charge in [-0.15, -0.1) is 0 Å². The van der Waals surface area contributed by atoms with E-state index in [0.29, 0.717) is 11.2 Å². The molecule has 0 aliphatic carbocycles. The Balaban J connectivity index is 2.40. The minimum atomic E-state index is -1.06. The van der Waals surface area contributed by atoms with Gasteiger partial charge in [0.2, 0.25) is 0 Å². The zero-order valence-corrected chi connectivity index (χ0v) is 10.6. The summed E-state index contributed by atoms with van der Waals surface area (Å²) in [6.45, 7) is 0. The standard InChI is InChI=1S/C16H12N2O2/c17-13-8-4-7-11-12(10-5-2-1-3-6-10)9-14(16(19)20)18-15(11)13/h1-9H,17H2,(H,19,20). The van der Waals surface area contributed by atoms with Gasteiger partial charge in [0.05, 0.1) is 11.2 Å². The SMILES string of the molecule is Nc1cccc2c(-c3ccccc3)cc(C(=O)O)nc12. The van der Waals surface area contributed by atoms with Crippen LogP contribution >= 0.6 is 0 Å². The first kappa shape index (κ1) is 12.2. The number of carboxylic acid groups (broad SMARTS) is 1. The molecular weight excluding hydrogens is 252 g/mol. The third-order valence-electron chi connectivity index (χ3n) is 3.17. The molecule has 0 spiro atoms. The lowest BCUT2D eigenvalue weighted by atomic mass is 9.99. The maximum absolute atomic E-state index is 11.2. The van der Waals surface area contributed by atoms with Gasteiger partial charge in [0.1, 0.15) is 5.69 Å². The molecule has 4 nitrogen and oxygen atoms in total. The number of aromatic nitrogens is 1. The van der Waals surface area contributed by atoms with Crippen LogP contribution in [0.4, 0.5) is 5.69 Å². The van der Waals surface area contributed by atoms with E-state index in [0.717, 1.165) is 16.5 Å². The van der Waals surface area contributed by atoms with Crippen molar-refractivity contribution in [3.05, 3.63) is 60.3 Å². The van der Waals surface area contributed by atoms with Crippen LogP contribution in [0.25, 0.3) is 22.0 Å². The summed E-state index contributed by atoms with van der Waals surface area (Å²) in [6.07, 6.45) is 0. The van der Waals surface area contributed by atoms with Crippen LogP contribution in [0.15, 0.2) is 54.6 Å².